The number of aromatic nitrogens is 2. The maximum absolute atomic E-state index is 12.2. The zero-order valence-corrected chi connectivity index (χ0v) is 13.0. The number of carbonyl (C=O) groups is 2. The van der Waals surface area contributed by atoms with Crippen LogP contribution in [0.15, 0.2) is 24.3 Å². The second kappa shape index (κ2) is 6.01. The van der Waals surface area contributed by atoms with Crippen molar-refractivity contribution in [2.75, 3.05) is 0 Å². The van der Waals surface area contributed by atoms with Crippen LogP contribution in [0.5, 0.6) is 0 Å². The van der Waals surface area contributed by atoms with Crippen LogP contribution in [0.2, 0.25) is 0 Å². The van der Waals surface area contributed by atoms with Gasteiger partial charge < -0.3 is 10.4 Å². The number of aryl methyl sites for hydroxylation is 4. The van der Waals surface area contributed by atoms with E-state index in [0.717, 1.165) is 16.8 Å². The molecule has 116 valence electrons. The van der Waals surface area contributed by atoms with Gasteiger partial charge in [0, 0.05) is 12.7 Å². The molecular formula is C16H19N3O3. The van der Waals surface area contributed by atoms with Gasteiger partial charge >= 0.3 is 5.97 Å². The van der Waals surface area contributed by atoms with Crippen molar-refractivity contribution in [2.45, 2.75) is 26.8 Å². The summed E-state index contributed by atoms with van der Waals surface area (Å²) in [6.45, 7) is 5.67. The average molecular weight is 301 g/mol. The molecule has 0 saturated heterocycles. The van der Waals surface area contributed by atoms with E-state index in [9.17, 15) is 14.7 Å². The Balaban J connectivity index is 2.27. The summed E-state index contributed by atoms with van der Waals surface area (Å²) in [5.74, 6) is -1.61. The number of benzene rings is 1. The zero-order chi connectivity index (χ0) is 16.4. The summed E-state index contributed by atoms with van der Waals surface area (Å²) in [6, 6.07) is 5.85. The Morgan fingerprint density at radius 3 is 2.36 bits per heavy atom. The second-order valence-electron chi connectivity index (χ2n) is 5.38. The number of carbonyl (C=O) groups excluding carboxylic acids is 1. The molecule has 6 nitrogen and oxygen atoms in total. The molecule has 0 radical (unpaired) electrons. The van der Waals surface area contributed by atoms with Crippen LogP contribution in [-0.4, -0.2) is 26.8 Å². The van der Waals surface area contributed by atoms with E-state index in [2.05, 4.69) is 10.4 Å². The van der Waals surface area contributed by atoms with Crippen LogP contribution in [0.1, 0.15) is 38.9 Å². The SMILES string of the molecule is Cc1ccc(C(NC(=O)c2cc(C)n(C)n2)C(=O)O)cc1C. The average Bonchev–Trinajstić information content (AvgIpc) is 2.79. The van der Waals surface area contributed by atoms with Gasteiger partial charge in [0.1, 0.15) is 5.69 Å². The van der Waals surface area contributed by atoms with E-state index in [4.69, 9.17) is 0 Å². The van der Waals surface area contributed by atoms with Gasteiger partial charge in [0.15, 0.2) is 6.04 Å². The highest BCUT2D eigenvalue weighted by Crippen LogP contribution is 2.18. The first-order chi connectivity index (χ1) is 10.3. The minimum absolute atomic E-state index is 0.204. The molecule has 1 aromatic carbocycles. The third-order valence-corrected chi connectivity index (χ3v) is 3.73. The molecule has 0 aliphatic heterocycles. The smallest absolute Gasteiger partial charge is 0.330 e. The van der Waals surface area contributed by atoms with Crippen molar-refractivity contribution in [3.8, 4) is 0 Å². The predicted octanol–water partition coefficient (Wildman–Crippen LogP) is 1.90. The van der Waals surface area contributed by atoms with E-state index in [0.29, 0.717) is 5.56 Å². The first kappa shape index (κ1) is 15.8. The fraction of sp³-hybridized carbons (Fsp3) is 0.312. The van der Waals surface area contributed by atoms with Crippen LogP contribution < -0.4 is 5.32 Å². The van der Waals surface area contributed by atoms with Crippen molar-refractivity contribution in [1.82, 2.24) is 15.1 Å². The molecule has 6 heteroatoms. The topological polar surface area (TPSA) is 84.2 Å². The minimum Gasteiger partial charge on any atom is -0.479 e. The summed E-state index contributed by atoms with van der Waals surface area (Å²) in [4.78, 5) is 23.7. The number of carboxylic acid groups (broad SMARTS) is 1. The number of nitrogens with zero attached hydrogens (tertiary/aromatic N) is 2. The molecule has 1 aromatic heterocycles. The number of hydrogen-bond acceptors (Lipinski definition) is 3. The lowest BCUT2D eigenvalue weighted by Crippen LogP contribution is -2.34. The molecule has 2 N–H and O–H groups in total. The maximum Gasteiger partial charge on any atom is 0.330 e. The van der Waals surface area contributed by atoms with Crippen LogP contribution >= 0.6 is 0 Å². The summed E-state index contributed by atoms with van der Waals surface area (Å²) in [6.07, 6.45) is 0. The largest absolute Gasteiger partial charge is 0.479 e. The molecule has 2 rings (SSSR count). The van der Waals surface area contributed by atoms with Crippen LogP contribution in [0.4, 0.5) is 0 Å². The Morgan fingerprint density at radius 2 is 1.86 bits per heavy atom. The highest BCUT2D eigenvalue weighted by Gasteiger charge is 2.24. The molecule has 1 heterocycles. The standard InChI is InChI=1S/C16H19N3O3/c1-9-5-6-12(7-10(9)2)14(16(21)22)17-15(20)13-8-11(3)19(4)18-13/h5-8,14H,1-4H3,(H,17,20)(H,21,22). The van der Waals surface area contributed by atoms with Gasteiger partial charge in [-0.25, -0.2) is 4.79 Å². The van der Waals surface area contributed by atoms with E-state index in [-0.39, 0.29) is 5.69 Å². The van der Waals surface area contributed by atoms with Crippen LogP contribution in [-0.2, 0) is 11.8 Å². The maximum atomic E-state index is 12.2. The highest BCUT2D eigenvalue weighted by atomic mass is 16.4. The van der Waals surface area contributed by atoms with Gasteiger partial charge in [-0.05, 0) is 43.5 Å². The quantitative estimate of drug-likeness (QED) is 0.903. The monoisotopic (exact) mass is 301 g/mol. The summed E-state index contributed by atoms with van der Waals surface area (Å²) >= 11 is 0. The van der Waals surface area contributed by atoms with Crippen molar-refractivity contribution in [1.29, 1.82) is 0 Å². The van der Waals surface area contributed by atoms with Gasteiger partial charge in [-0.3, -0.25) is 9.48 Å². The van der Waals surface area contributed by atoms with E-state index < -0.39 is 17.9 Å². The fourth-order valence-electron chi connectivity index (χ4n) is 2.11. The van der Waals surface area contributed by atoms with E-state index in [1.807, 2.05) is 26.8 Å². The number of rotatable bonds is 4. The first-order valence-electron chi connectivity index (χ1n) is 6.91. The Bertz CT molecular complexity index is 715. The molecule has 22 heavy (non-hydrogen) atoms. The molecule has 0 spiro atoms. The third-order valence-electron chi connectivity index (χ3n) is 3.73. The molecule has 0 fully saturated rings. The van der Waals surface area contributed by atoms with Crippen molar-refractivity contribution in [3.63, 3.8) is 0 Å². The molecule has 1 unspecified atom stereocenters. The van der Waals surface area contributed by atoms with E-state index in [1.54, 1.807) is 29.9 Å². The molecule has 0 bridgehead atoms. The molecule has 2 aromatic rings. The zero-order valence-electron chi connectivity index (χ0n) is 13.0. The summed E-state index contributed by atoms with van der Waals surface area (Å²) in [5.41, 5.74) is 3.61. The van der Waals surface area contributed by atoms with E-state index in [1.165, 1.54) is 0 Å². The summed E-state index contributed by atoms with van der Waals surface area (Å²) < 4.78 is 1.57. The first-order valence-corrected chi connectivity index (χ1v) is 6.91. The lowest BCUT2D eigenvalue weighted by molar-refractivity contribution is -0.139. The number of nitrogens with one attached hydrogen (secondary N) is 1. The lowest BCUT2D eigenvalue weighted by Gasteiger charge is -2.15. The summed E-state index contributed by atoms with van der Waals surface area (Å²) in [5, 5.41) is 16.0. The summed E-state index contributed by atoms with van der Waals surface area (Å²) in [7, 11) is 1.73. The molecule has 1 atom stereocenters. The van der Waals surface area contributed by atoms with Gasteiger partial charge in [0.2, 0.25) is 0 Å². The van der Waals surface area contributed by atoms with Crippen LogP contribution in [0, 0.1) is 20.8 Å². The molecule has 0 aliphatic carbocycles. The van der Waals surface area contributed by atoms with Crippen molar-refractivity contribution in [2.24, 2.45) is 7.05 Å². The van der Waals surface area contributed by atoms with Gasteiger partial charge in [-0.15, -0.1) is 0 Å². The molecular weight excluding hydrogens is 282 g/mol. The van der Waals surface area contributed by atoms with Gasteiger partial charge in [0.25, 0.3) is 5.91 Å². The van der Waals surface area contributed by atoms with Crippen LogP contribution in [0.25, 0.3) is 0 Å². The Hall–Kier alpha value is -2.63. The van der Waals surface area contributed by atoms with Gasteiger partial charge in [-0.1, -0.05) is 18.2 Å². The van der Waals surface area contributed by atoms with E-state index >= 15 is 0 Å². The number of aliphatic carboxylic acids is 1. The Kier molecular flexibility index (Phi) is 4.30. The predicted molar refractivity (Wildman–Crippen MR) is 81.7 cm³/mol. The van der Waals surface area contributed by atoms with Crippen molar-refractivity contribution in [3.05, 3.63) is 52.3 Å². The molecule has 1 amide bonds. The third kappa shape index (κ3) is 3.16. The van der Waals surface area contributed by atoms with Crippen molar-refractivity contribution < 1.29 is 14.7 Å². The molecule has 0 saturated carbocycles. The van der Waals surface area contributed by atoms with Gasteiger partial charge in [-0.2, -0.15) is 5.10 Å². The highest BCUT2D eigenvalue weighted by molar-refractivity contribution is 5.95. The molecule has 0 aliphatic rings. The van der Waals surface area contributed by atoms with Gasteiger partial charge in [0.05, 0.1) is 0 Å². The number of hydrogen-bond donors (Lipinski definition) is 2. The Morgan fingerprint density at radius 1 is 1.18 bits per heavy atom. The number of carboxylic acids is 1. The normalized spacial score (nSPS) is 12.0. The number of amides is 1. The van der Waals surface area contributed by atoms with Crippen LogP contribution in [0.3, 0.4) is 0 Å². The van der Waals surface area contributed by atoms with Crippen molar-refractivity contribution >= 4 is 11.9 Å². The minimum atomic E-state index is -1.11. The Labute approximate surface area is 128 Å². The second-order valence-corrected chi connectivity index (χ2v) is 5.38. The lowest BCUT2D eigenvalue weighted by atomic mass is 10.0. The fourth-order valence-corrected chi connectivity index (χ4v) is 2.11.